The number of benzene rings is 1. The van der Waals surface area contributed by atoms with Gasteiger partial charge >= 0.3 is 0 Å². The van der Waals surface area contributed by atoms with E-state index in [1.165, 1.54) is 6.07 Å². The van der Waals surface area contributed by atoms with Crippen LogP contribution in [-0.4, -0.2) is 13.0 Å². The third-order valence-corrected chi connectivity index (χ3v) is 2.06. The highest BCUT2D eigenvalue weighted by molar-refractivity contribution is 6.31. The Kier molecular flexibility index (Phi) is 3.52. The monoisotopic (exact) mass is 221 g/mol. The Labute approximate surface area is 85.6 Å². The first-order chi connectivity index (χ1) is 6.50. The van der Waals surface area contributed by atoms with Crippen LogP contribution in [0.1, 0.15) is 5.56 Å². The summed E-state index contributed by atoms with van der Waals surface area (Å²) >= 11 is 5.76. The summed E-state index contributed by atoms with van der Waals surface area (Å²) in [4.78, 5) is 0. The lowest BCUT2D eigenvalue weighted by Crippen LogP contribution is -2.08. The third kappa shape index (κ3) is 2.73. The highest BCUT2D eigenvalue weighted by Gasteiger charge is 2.08. The number of anilines is 1. The first-order valence-electron chi connectivity index (χ1n) is 3.97. The molecule has 2 N–H and O–H groups in total. The third-order valence-electron chi connectivity index (χ3n) is 1.66. The quantitative estimate of drug-likeness (QED) is 0.797. The number of alkyl halides is 2. The van der Waals surface area contributed by atoms with Crippen LogP contribution in [0.15, 0.2) is 12.1 Å². The van der Waals surface area contributed by atoms with Crippen LogP contribution in [-0.2, 0) is 0 Å². The fourth-order valence-corrected chi connectivity index (χ4v) is 1.12. The molecule has 1 rings (SSSR count). The summed E-state index contributed by atoms with van der Waals surface area (Å²) in [6, 6.07) is 3.03. The largest absolute Gasteiger partial charge is 0.485 e. The van der Waals surface area contributed by atoms with Gasteiger partial charge in [0.1, 0.15) is 12.4 Å². The zero-order chi connectivity index (χ0) is 10.7. The molecule has 0 unspecified atom stereocenters. The van der Waals surface area contributed by atoms with Gasteiger partial charge in [-0.3, -0.25) is 0 Å². The average molecular weight is 222 g/mol. The van der Waals surface area contributed by atoms with E-state index in [9.17, 15) is 8.78 Å². The van der Waals surface area contributed by atoms with Gasteiger partial charge in [0, 0.05) is 5.02 Å². The van der Waals surface area contributed by atoms with E-state index in [1.807, 2.05) is 0 Å². The Balaban J connectivity index is 2.82. The minimum Gasteiger partial charge on any atom is -0.485 e. The summed E-state index contributed by atoms with van der Waals surface area (Å²) in [5, 5.41) is 0.492. The Morgan fingerprint density at radius 2 is 2.14 bits per heavy atom. The molecule has 1 aromatic rings. The normalized spacial score (nSPS) is 10.6. The highest BCUT2D eigenvalue weighted by atomic mass is 35.5. The van der Waals surface area contributed by atoms with E-state index in [-0.39, 0.29) is 11.4 Å². The zero-order valence-corrected chi connectivity index (χ0v) is 8.31. The minimum absolute atomic E-state index is 0.243. The standard InChI is InChI=1S/C9H10ClF2NO/c1-5-2-8(14-4-9(11)12)7(13)3-6(5)10/h2-3,9H,4,13H2,1H3. The fraction of sp³-hybridized carbons (Fsp3) is 0.333. The SMILES string of the molecule is Cc1cc(OCC(F)F)c(N)cc1Cl. The van der Waals surface area contributed by atoms with Gasteiger partial charge in [0.2, 0.25) is 0 Å². The van der Waals surface area contributed by atoms with Crippen molar-refractivity contribution in [2.75, 3.05) is 12.3 Å². The smallest absolute Gasteiger partial charge is 0.272 e. The van der Waals surface area contributed by atoms with Crippen molar-refractivity contribution < 1.29 is 13.5 Å². The van der Waals surface area contributed by atoms with Gasteiger partial charge in [-0.1, -0.05) is 11.6 Å². The molecule has 0 saturated carbocycles. The molecular weight excluding hydrogens is 212 g/mol. The van der Waals surface area contributed by atoms with Crippen LogP contribution in [0.3, 0.4) is 0 Å². The summed E-state index contributed by atoms with van der Waals surface area (Å²) in [5.41, 5.74) is 6.53. The molecule has 0 aliphatic carbocycles. The van der Waals surface area contributed by atoms with Crippen LogP contribution < -0.4 is 10.5 Å². The molecule has 0 radical (unpaired) electrons. The molecule has 0 saturated heterocycles. The topological polar surface area (TPSA) is 35.2 Å². The fourth-order valence-electron chi connectivity index (χ4n) is 0.948. The minimum atomic E-state index is -2.51. The van der Waals surface area contributed by atoms with Crippen molar-refractivity contribution in [3.8, 4) is 5.75 Å². The molecule has 0 spiro atoms. The number of hydrogen-bond acceptors (Lipinski definition) is 2. The number of rotatable bonds is 3. The maximum Gasteiger partial charge on any atom is 0.272 e. The maximum absolute atomic E-state index is 11.8. The second kappa shape index (κ2) is 4.46. The van der Waals surface area contributed by atoms with Gasteiger partial charge in [-0.25, -0.2) is 8.78 Å². The molecule has 0 heterocycles. The molecule has 0 aromatic heterocycles. The van der Waals surface area contributed by atoms with Gasteiger partial charge in [0.05, 0.1) is 5.69 Å². The Morgan fingerprint density at radius 1 is 1.50 bits per heavy atom. The van der Waals surface area contributed by atoms with Crippen molar-refractivity contribution in [1.29, 1.82) is 0 Å². The van der Waals surface area contributed by atoms with Crippen LogP contribution in [0.4, 0.5) is 14.5 Å². The van der Waals surface area contributed by atoms with E-state index in [0.29, 0.717) is 5.02 Å². The molecule has 1 aromatic carbocycles. The van der Waals surface area contributed by atoms with Crippen molar-refractivity contribution >= 4 is 17.3 Å². The number of nitrogens with two attached hydrogens (primary N) is 1. The summed E-state index contributed by atoms with van der Waals surface area (Å²) in [6.07, 6.45) is -2.51. The molecule has 0 fully saturated rings. The van der Waals surface area contributed by atoms with E-state index in [1.54, 1.807) is 13.0 Å². The predicted molar refractivity (Wildman–Crippen MR) is 52.1 cm³/mol. The first-order valence-corrected chi connectivity index (χ1v) is 4.35. The van der Waals surface area contributed by atoms with Crippen molar-refractivity contribution in [1.82, 2.24) is 0 Å². The Bertz CT molecular complexity index is 331. The van der Waals surface area contributed by atoms with E-state index in [2.05, 4.69) is 0 Å². The van der Waals surface area contributed by atoms with Crippen LogP contribution in [0.5, 0.6) is 5.75 Å². The first kappa shape index (κ1) is 11.0. The van der Waals surface area contributed by atoms with Crippen molar-refractivity contribution in [2.24, 2.45) is 0 Å². The lowest BCUT2D eigenvalue weighted by atomic mass is 10.2. The predicted octanol–water partition coefficient (Wildman–Crippen LogP) is 2.87. The van der Waals surface area contributed by atoms with Crippen LogP contribution >= 0.6 is 11.6 Å². The lowest BCUT2D eigenvalue weighted by molar-refractivity contribution is 0.0822. The van der Waals surface area contributed by atoms with Gasteiger partial charge in [-0.2, -0.15) is 0 Å². The maximum atomic E-state index is 11.8. The van der Waals surface area contributed by atoms with Gasteiger partial charge in [0.15, 0.2) is 0 Å². The van der Waals surface area contributed by atoms with Crippen molar-refractivity contribution in [3.63, 3.8) is 0 Å². The van der Waals surface area contributed by atoms with Crippen molar-refractivity contribution in [3.05, 3.63) is 22.7 Å². The molecule has 0 bridgehead atoms. The van der Waals surface area contributed by atoms with Gasteiger partial charge in [0.25, 0.3) is 6.43 Å². The molecule has 2 nitrogen and oxygen atoms in total. The second-order valence-corrected chi connectivity index (χ2v) is 3.25. The average Bonchev–Trinajstić information content (AvgIpc) is 2.09. The number of ether oxygens (including phenoxy) is 1. The molecule has 14 heavy (non-hydrogen) atoms. The van der Waals surface area contributed by atoms with Crippen LogP contribution in [0, 0.1) is 6.92 Å². The van der Waals surface area contributed by atoms with Gasteiger partial charge in [-0.05, 0) is 24.6 Å². The molecule has 0 aliphatic rings. The van der Waals surface area contributed by atoms with E-state index >= 15 is 0 Å². The summed E-state index contributed by atoms with van der Waals surface area (Å²) in [6.45, 7) is 1.09. The zero-order valence-electron chi connectivity index (χ0n) is 7.56. The van der Waals surface area contributed by atoms with Crippen LogP contribution in [0.2, 0.25) is 5.02 Å². The molecule has 5 heteroatoms. The Hall–Kier alpha value is -1.03. The molecule has 78 valence electrons. The Morgan fingerprint density at radius 3 is 2.71 bits per heavy atom. The van der Waals surface area contributed by atoms with Gasteiger partial charge < -0.3 is 10.5 Å². The molecular formula is C9H10ClF2NO. The number of nitrogen functional groups attached to an aromatic ring is 1. The second-order valence-electron chi connectivity index (χ2n) is 2.84. The summed E-state index contributed by atoms with van der Waals surface area (Å²) in [5.74, 6) is 0.243. The number of aryl methyl sites for hydroxylation is 1. The van der Waals surface area contributed by atoms with E-state index < -0.39 is 13.0 Å². The van der Waals surface area contributed by atoms with Crippen molar-refractivity contribution in [2.45, 2.75) is 13.3 Å². The molecule has 0 aliphatic heterocycles. The molecule has 0 amide bonds. The number of hydrogen-bond donors (Lipinski definition) is 1. The highest BCUT2D eigenvalue weighted by Crippen LogP contribution is 2.28. The summed E-state index contributed by atoms with van der Waals surface area (Å²) in [7, 11) is 0. The summed E-state index contributed by atoms with van der Waals surface area (Å²) < 4.78 is 28.5. The lowest BCUT2D eigenvalue weighted by Gasteiger charge is -2.09. The van der Waals surface area contributed by atoms with Crippen LogP contribution in [0.25, 0.3) is 0 Å². The van der Waals surface area contributed by atoms with E-state index in [0.717, 1.165) is 5.56 Å². The van der Waals surface area contributed by atoms with Gasteiger partial charge in [-0.15, -0.1) is 0 Å². The molecule has 0 atom stereocenters. The van der Waals surface area contributed by atoms with E-state index in [4.69, 9.17) is 22.1 Å². The number of halogens is 3.